The minimum Gasteiger partial charge on any atom is -0.333 e. The maximum atomic E-state index is 12.6. The zero-order valence-corrected chi connectivity index (χ0v) is 13.7. The quantitative estimate of drug-likeness (QED) is 0.909. The minimum atomic E-state index is 0. The number of nitrogens with zero attached hydrogens (tertiary/aromatic N) is 2. The van der Waals surface area contributed by atoms with E-state index in [9.17, 15) is 4.79 Å². The number of halogens is 1. The van der Waals surface area contributed by atoms with Gasteiger partial charge in [0, 0.05) is 38.4 Å². The van der Waals surface area contributed by atoms with E-state index in [1.807, 2.05) is 17.2 Å². The lowest BCUT2D eigenvalue weighted by Crippen LogP contribution is -2.49. The molecule has 1 saturated heterocycles. The summed E-state index contributed by atoms with van der Waals surface area (Å²) in [5.74, 6) is 0.793. The van der Waals surface area contributed by atoms with E-state index in [-0.39, 0.29) is 24.4 Å². The molecule has 1 aromatic heterocycles. The summed E-state index contributed by atoms with van der Waals surface area (Å²) in [7, 11) is 0. The summed E-state index contributed by atoms with van der Waals surface area (Å²) in [5.41, 5.74) is 1.12. The highest BCUT2D eigenvalue weighted by atomic mass is 35.5. The average Bonchev–Trinajstić information content (AvgIpc) is 2.53. The number of nitrogens with one attached hydrogen (secondary N) is 1. The highest BCUT2D eigenvalue weighted by Gasteiger charge is 2.28. The van der Waals surface area contributed by atoms with Crippen LogP contribution in [-0.2, 0) is 4.79 Å². The Balaban J connectivity index is 0.00000220. The largest absolute Gasteiger partial charge is 0.333 e. The number of rotatable bonds is 5. The number of hydrogen-bond donors (Lipinski definition) is 1. The first-order chi connectivity index (χ1) is 9.76. The molecule has 1 N–H and O–H groups in total. The van der Waals surface area contributed by atoms with Crippen LogP contribution in [0.1, 0.15) is 44.7 Å². The second kappa shape index (κ2) is 9.00. The lowest BCUT2D eigenvalue weighted by atomic mass is 9.97. The number of aromatic nitrogens is 1. The highest BCUT2D eigenvalue weighted by molar-refractivity contribution is 5.85. The van der Waals surface area contributed by atoms with Gasteiger partial charge in [0.15, 0.2) is 0 Å². The predicted molar refractivity (Wildman–Crippen MR) is 87.5 cm³/mol. The third-order valence-electron chi connectivity index (χ3n) is 4.25. The number of pyridine rings is 1. The molecular formula is C16H26ClN3O. The molecule has 2 rings (SSSR count). The van der Waals surface area contributed by atoms with E-state index in [0.717, 1.165) is 38.0 Å². The first-order valence-corrected chi connectivity index (χ1v) is 7.66. The van der Waals surface area contributed by atoms with E-state index in [2.05, 4.69) is 30.2 Å². The molecule has 2 heterocycles. The second-order valence-corrected chi connectivity index (χ2v) is 5.48. The maximum Gasteiger partial charge on any atom is 0.223 e. The monoisotopic (exact) mass is 311 g/mol. The summed E-state index contributed by atoms with van der Waals surface area (Å²) >= 11 is 0. The van der Waals surface area contributed by atoms with Crippen molar-refractivity contribution in [1.29, 1.82) is 0 Å². The second-order valence-electron chi connectivity index (χ2n) is 5.48. The summed E-state index contributed by atoms with van der Waals surface area (Å²) in [6, 6.07) is 4.12. The van der Waals surface area contributed by atoms with Crippen LogP contribution in [0.25, 0.3) is 0 Å². The van der Waals surface area contributed by atoms with E-state index in [1.165, 1.54) is 0 Å². The van der Waals surface area contributed by atoms with Gasteiger partial charge < -0.3 is 10.2 Å². The van der Waals surface area contributed by atoms with Crippen LogP contribution in [0.2, 0.25) is 0 Å². The van der Waals surface area contributed by atoms with E-state index in [0.29, 0.717) is 12.3 Å². The third-order valence-corrected chi connectivity index (χ3v) is 4.25. The summed E-state index contributed by atoms with van der Waals surface area (Å²) in [6.45, 7) is 6.82. The van der Waals surface area contributed by atoms with Gasteiger partial charge in [0.2, 0.25) is 5.91 Å². The smallest absolute Gasteiger partial charge is 0.223 e. The maximum absolute atomic E-state index is 12.6. The van der Waals surface area contributed by atoms with Crippen LogP contribution in [0, 0.1) is 5.92 Å². The standard InChI is InChI=1S/C16H25N3O.ClH/c1-3-13(4-2)10-16(20)19-9-8-18-12-15(19)14-6-5-7-17-11-14;/h5-7,11,13,15,18H,3-4,8-10,12H2,1-2H3;1H. The lowest BCUT2D eigenvalue weighted by molar-refractivity contribution is -0.135. The minimum absolute atomic E-state index is 0. The van der Waals surface area contributed by atoms with Crippen molar-refractivity contribution in [3.8, 4) is 0 Å². The molecule has 0 radical (unpaired) electrons. The zero-order chi connectivity index (χ0) is 14.4. The first kappa shape index (κ1) is 17.9. The van der Waals surface area contributed by atoms with Crippen LogP contribution in [0.15, 0.2) is 24.5 Å². The van der Waals surface area contributed by atoms with Crippen molar-refractivity contribution in [3.63, 3.8) is 0 Å². The average molecular weight is 312 g/mol. The van der Waals surface area contributed by atoms with Gasteiger partial charge in [-0.2, -0.15) is 0 Å². The topological polar surface area (TPSA) is 45.2 Å². The van der Waals surface area contributed by atoms with Crippen LogP contribution in [-0.4, -0.2) is 35.4 Å². The Bertz CT molecular complexity index is 423. The van der Waals surface area contributed by atoms with Crippen LogP contribution >= 0.6 is 12.4 Å². The Labute approximate surface area is 133 Å². The molecule has 1 unspecified atom stereocenters. The van der Waals surface area contributed by atoms with Crippen molar-refractivity contribution in [2.75, 3.05) is 19.6 Å². The molecule has 0 spiro atoms. The van der Waals surface area contributed by atoms with E-state index >= 15 is 0 Å². The molecule has 1 atom stereocenters. The van der Waals surface area contributed by atoms with Crippen molar-refractivity contribution >= 4 is 18.3 Å². The van der Waals surface area contributed by atoms with Crippen LogP contribution < -0.4 is 5.32 Å². The number of carbonyl (C=O) groups is 1. The van der Waals surface area contributed by atoms with Gasteiger partial charge in [-0.1, -0.05) is 32.8 Å². The van der Waals surface area contributed by atoms with E-state index in [1.54, 1.807) is 6.20 Å². The van der Waals surface area contributed by atoms with Gasteiger partial charge in [0.05, 0.1) is 6.04 Å². The highest BCUT2D eigenvalue weighted by Crippen LogP contribution is 2.24. The number of amides is 1. The van der Waals surface area contributed by atoms with Crippen LogP contribution in [0.5, 0.6) is 0 Å². The molecule has 1 fully saturated rings. The van der Waals surface area contributed by atoms with Crippen LogP contribution in [0.4, 0.5) is 0 Å². The molecular weight excluding hydrogens is 286 g/mol. The summed E-state index contributed by atoms with van der Waals surface area (Å²) in [6.07, 6.45) is 6.47. The molecule has 1 aromatic rings. The van der Waals surface area contributed by atoms with Gasteiger partial charge in [-0.15, -0.1) is 12.4 Å². The Morgan fingerprint density at radius 2 is 2.24 bits per heavy atom. The molecule has 0 saturated carbocycles. The van der Waals surface area contributed by atoms with Gasteiger partial charge in [0.1, 0.15) is 0 Å². The molecule has 118 valence electrons. The Morgan fingerprint density at radius 3 is 2.86 bits per heavy atom. The fourth-order valence-electron chi connectivity index (χ4n) is 2.82. The van der Waals surface area contributed by atoms with Gasteiger partial charge in [-0.25, -0.2) is 0 Å². The summed E-state index contributed by atoms with van der Waals surface area (Å²) in [4.78, 5) is 18.8. The van der Waals surface area contributed by atoms with Crippen molar-refractivity contribution in [2.24, 2.45) is 5.92 Å². The number of piperazine rings is 1. The molecule has 21 heavy (non-hydrogen) atoms. The predicted octanol–water partition coefficient (Wildman–Crippen LogP) is 2.80. The van der Waals surface area contributed by atoms with Gasteiger partial charge in [-0.05, 0) is 17.5 Å². The SMILES string of the molecule is CCC(CC)CC(=O)N1CCNCC1c1cccnc1.Cl. The Hall–Kier alpha value is -1.13. The zero-order valence-electron chi connectivity index (χ0n) is 12.9. The van der Waals surface area contributed by atoms with Crippen molar-refractivity contribution < 1.29 is 4.79 Å². The molecule has 0 bridgehead atoms. The molecule has 5 heteroatoms. The number of carbonyl (C=O) groups excluding carboxylic acids is 1. The molecule has 0 aromatic carbocycles. The molecule has 4 nitrogen and oxygen atoms in total. The van der Waals surface area contributed by atoms with E-state index in [4.69, 9.17) is 0 Å². The fourth-order valence-corrected chi connectivity index (χ4v) is 2.82. The Morgan fingerprint density at radius 1 is 1.48 bits per heavy atom. The summed E-state index contributed by atoms with van der Waals surface area (Å²) in [5, 5.41) is 3.38. The third kappa shape index (κ3) is 4.68. The number of hydrogen-bond acceptors (Lipinski definition) is 3. The van der Waals surface area contributed by atoms with Crippen molar-refractivity contribution in [3.05, 3.63) is 30.1 Å². The normalized spacial score (nSPS) is 18.4. The van der Waals surface area contributed by atoms with E-state index < -0.39 is 0 Å². The Kier molecular flexibility index (Phi) is 7.68. The fraction of sp³-hybridized carbons (Fsp3) is 0.625. The molecule has 1 aliphatic heterocycles. The first-order valence-electron chi connectivity index (χ1n) is 7.66. The van der Waals surface area contributed by atoms with Gasteiger partial charge in [0.25, 0.3) is 0 Å². The molecule has 1 aliphatic rings. The van der Waals surface area contributed by atoms with Crippen molar-refractivity contribution in [1.82, 2.24) is 15.2 Å². The van der Waals surface area contributed by atoms with Crippen molar-refractivity contribution in [2.45, 2.75) is 39.2 Å². The molecule has 0 aliphatic carbocycles. The van der Waals surface area contributed by atoms with Gasteiger partial charge >= 0.3 is 0 Å². The summed E-state index contributed by atoms with van der Waals surface area (Å²) < 4.78 is 0. The lowest BCUT2D eigenvalue weighted by Gasteiger charge is -2.37. The van der Waals surface area contributed by atoms with Crippen LogP contribution in [0.3, 0.4) is 0 Å². The molecule has 1 amide bonds. The van der Waals surface area contributed by atoms with Gasteiger partial charge in [-0.3, -0.25) is 9.78 Å².